The molecule has 9 heteroatoms. The summed E-state index contributed by atoms with van der Waals surface area (Å²) in [6.07, 6.45) is -3.83. The highest BCUT2D eigenvalue weighted by Gasteiger charge is 2.31. The topological polar surface area (TPSA) is 67.3 Å². The van der Waals surface area contributed by atoms with Crippen LogP contribution in [0, 0.1) is 0 Å². The van der Waals surface area contributed by atoms with Crippen LogP contribution >= 0.6 is 10.7 Å². The molecule has 0 aliphatic carbocycles. The number of pyridine rings is 1. The molecule has 4 nitrogen and oxygen atoms in total. The minimum Gasteiger partial charge on any atom is -0.506 e. The highest BCUT2D eigenvalue weighted by molar-refractivity contribution is 8.13. The van der Waals surface area contributed by atoms with Crippen LogP contribution in [0.3, 0.4) is 0 Å². The number of fused-ring (bicyclic) bond motifs is 1. The van der Waals surface area contributed by atoms with E-state index in [1.54, 1.807) is 0 Å². The number of benzene rings is 1. The van der Waals surface area contributed by atoms with Crippen LogP contribution in [-0.2, 0) is 15.2 Å². The summed E-state index contributed by atoms with van der Waals surface area (Å²) in [6.45, 7) is 0. The smallest absolute Gasteiger partial charge is 0.416 e. The Morgan fingerprint density at radius 2 is 1.89 bits per heavy atom. The van der Waals surface area contributed by atoms with Gasteiger partial charge in [-0.3, -0.25) is 4.98 Å². The minimum atomic E-state index is -4.61. The Labute approximate surface area is 109 Å². The fourth-order valence-electron chi connectivity index (χ4n) is 1.52. The van der Waals surface area contributed by atoms with Gasteiger partial charge in [0.2, 0.25) is 0 Å². The number of halogens is 4. The lowest BCUT2D eigenvalue weighted by molar-refractivity contribution is -0.137. The zero-order chi connectivity index (χ0) is 14.4. The van der Waals surface area contributed by atoms with Gasteiger partial charge < -0.3 is 5.11 Å². The number of alkyl halides is 3. The molecule has 0 unspecified atom stereocenters. The van der Waals surface area contributed by atoms with Gasteiger partial charge in [0.05, 0.1) is 17.3 Å². The molecule has 0 amide bonds. The third-order valence-corrected chi connectivity index (χ3v) is 3.72. The molecular formula is C10H5ClF3NO3S. The van der Waals surface area contributed by atoms with E-state index in [0.29, 0.717) is 6.07 Å². The van der Waals surface area contributed by atoms with Crippen LogP contribution < -0.4 is 0 Å². The van der Waals surface area contributed by atoms with Gasteiger partial charge in [0.25, 0.3) is 9.05 Å². The average molecular weight is 312 g/mol. The predicted molar refractivity (Wildman–Crippen MR) is 61.4 cm³/mol. The van der Waals surface area contributed by atoms with Gasteiger partial charge in [-0.25, -0.2) is 8.42 Å². The molecule has 0 aliphatic heterocycles. The molecule has 1 aromatic heterocycles. The van der Waals surface area contributed by atoms with E-state index in [1.807, 2.05) is 0 Å². The van der Waals surface area contributed by atoms with Crippen molar-refractivity contribution in [2.75, 3.05) is 0 Å². The second kappa shape index (κ2) is 4.24. The first-order chi connectivity index (χ1) is 8.60. The van der Waals surface area contributed by atoms with Gasteiger partial charge in [-0.05, 0) is 18.2 Å². The van der Waals surface area contributed by atoms with Crippen molar-refractivity contribution >= 4 is 30.6 Å². The molecule has 102 valence electrons. The second-order valence-electron chi connectivity index (χ2n) is 3.64. The van der Waals surface area contributed by atoms with E-state index >= 15 is 0 Å². The lowest BCUT2D eigenvalue weighted by Crippen LogP contribution is -2.04. The van der Waals surface area contributed by atoms with Crippen LogP contribution in [-0.4, -0.2) is 18.5 Å². The number of aromatic nitrogens is 1. The maximum Gasteiger partial charge on any atom is 0.416 e. The highest BCUT2D eigenvalue weighted by Crippen LogP contribution is 2.36. The third-order valence-electron chi connectivity index (χ3n) is 2.40. The van der Waals surface area contributed by atoms with E-state index in [4.69, 9.17) is 10.7 Å². The molecule has 0 atom stereocenters. The van der Waals surface area contributed by atoms with Gasteiger partial charge in [-0.15, -0.1) is 0 Å². The summed E-state index contributed by atoms with van der Waals surface area (Å²) in [5, 5.41) is 9.37. The van der Waals surface area contributed by atoms with Gasteiger partial charge in [0, 0.05) is 16.1 Å². The summed E-state index contributed by atoms with van der Waals surface area (Å²) in [5.74, 6) is -0.855. The van der Waals surface area contributed by atoms with Gasteiger partial charge in [-0.2, -0.15) is 13.2 Å². The summed E-state index contributed by atoms with van der Waals surface area (Å²) in [5.41, 5.74) is -1.00. The Morgan fingerprint density at radius 3 is 2.42 bits per heavy atom. The molecule has 0 bridgehead atoms. The van der Waals surface area contributed by atoms with Crippen molar-refractivity contribution in [2.45, 2.75) is 11.1 Å². The number of hydrogen-bond acceptors (Lipinski definition) is 4. The van der Waals surface area contributed by atoms with Crippen LogP contribution in [0.15, 0.2) is 29.3 Å². The normalized spacial score (nSPS) is 12.8. The van der Waals surface area contributed by atoms with Crippen molar-refractivity contribution in [1.82, 2.24) is 4.98 Å². The Hall–Kier alpha value is -1.54. The largest absolute Gasteiger partial charge is 0.506 e. The molecule has 2 aromatic rings. The number of nitrogens with zero attached hydrogens (tertiary/aromatic N) is 1. The molecular weight excluding hydrogens is 307 g/mol. The Bertz CT molecular complexity index is 758. The molecule has 0 saturated heterocycles. The monoisotopic (exact) mass is 311 g/mol. The molecule has 0 aliphatic rings. The van der Waals surface area contributed by atoms with E-state index in [9.17, 15) is 26.7 Å². The number of hydrogen-bond donors (Lipinski definition) is 1. The SMILES string of the molecule is O=S(=O)(Cl)c1cnc2ccc(C(F)(F)F)cc2c1O. The lowest BCUT2D eigenvalue weighted by Gasteiger charge is -2.09. The van der Waals surface area contributed by atoms with Crippen molar-refractivity contribution in [1.29, 1.82) is 0 Å². The summed E-state index contributed by atoms with van der Waals surface area (Å²) in [4.78, 5) is 2.91. The van der Waals surface area contributed by atoms with Crippen molar-refractivity contribution in [2.24, 2.45) is 0 Å². The van der Waals surface area contributed by atoms with Gasteiger partial charge in [0.1, 0.15) is 10.6 Å². The van der Waals surface area contributed by atoms with E-state index in [1.165, 1.54) is 0 Å². The molecule has 1 N–H and O–H groups in total. The van der Waals surface area contributed by atoms with Gasteiger partial charge in [0.15, 0.2) is 0 Å². The van der Waals surface area contributed by atoms with Gasteiger partial charge in [-0.1, -0.05) is 0 Å². The highest BCUT2D eigenvalue weighted by atomic mass is 35.7. The van der Waals surface area contributed by atoms with Crippen LogP contribution in [0.5, 0.6) is 5.75 Å². The molecule has 1 heterocycles. The maximum absolute atomic E-state index is 12.5. The zero-order valence-electron chi connectivity index (χ0n) is 8.94. The van der Waals surface area contributed by atoms with Crippen LogP contribution in [0.1, 0.15) is 5.56 Å². The Morgan fingerprint density at radius 1 is 1.26 bits per heavy atom. The Kier molecular flexibility index (Phi) is 3.10. The Balaban J connectivity index is 2.81. The fraction of sp³-hybridized carbons (Fsp3) is 0.100. The fourth-order valence-corrected chi connectivity index (χ4v) is 2.37. The van der Waals surface area contributed by atoms with E-state index < -0.39 is 31.4 Å². The summed E-state index contributed by atoms with van der Waals surface area (Å²) in [6, 6.07) is 2.43. The quantitative estimate of drug-likeness (QED) is 0.822. The van der Waals surface area contributed by atoms with E-state index in [0.717, 1.165) is 18.3 Å². The van der Waals surface area contributed by atoms with E-state index in [2.05, 4.69) is 4.98 Å². The van der Waals surface area contributed by atoms with Crippen molar-refractivity contribution in [3.05, 3.63) is 30.0 Å². The molecule has 19 heavy (non-hydrogen) atoms. The van der Waals surface area contributed by atoms with Crippen LogP contribution in [0.4, 0.5) is 13.2 Å². The first kappa shape index (κ1) is 13.9. The lowest BCUT2D eigenvalue weighted by atomic mass is 10.1. The summed E-state index contributed by atoms with van der Waals surface area (Å²) >= 11 is 0. The number of aromatic hydroxyl groups is 1. The summed E-state index contributed by atoms with van der Waals surface area (Å²) < 4.78 is 59.9. The van der Waals surface area contributed by atoms with Crippen LogP contribution in [0.25, 0.3) is 10.9 Å². The predicted octanol–water partition coefficient (Wildman–Crippen LogP) is 2.89. The molecule has 0 fully saturated rings. The molecule has 2 rings (SSSR count). The minimum absolute atomic E-state index is 0.0227. The summed E-state index contributed by atoms with van der Waals surface area (Å²) in [7, 11) is 0.749. The molecule has 0 saturated carbocycles. The van der Waals surface area contributed by atoms with Crippen molar-refractivity contribution in [3.8, 4) is 5.75 Å². The van der Waals surface area contributed by atoms with Crippen molar-refractivity contribution in [3.63, 3.8) is 0 Å². The molecule has 1 aromatic carbocycles. The molecule has 0 spiro atoms. The zero-order valence-corrected chi connectivity index (χ0v) is 10.5. The first-order valence-electron chi connectivity index (χ1n) is 4.74. The van der Waals surface area contributed by atoms with Gasteiger partial charge >= 0.3 is 6.18 Å². The average Bonchev–Trinajstić information content (AvgIpc) is 2.26. The van der Waals surface area contributed by atoms with Crippen LogP contribution in [0.2, 0.25) is 0 Å². The standard InChI is InChI=1S/C10H5ClF3NO3S/c11-19(17,18)8-4-15-7-2-1-5(10(12,13)14)3-6(7)9(8)16/h1-4H,(H,15,16). The van der Waals surface area contributed by atoms with E-state index in [-0.39, 0.29) is 10.9 Å². The van der Waals surface area contributed by atoms with Crippen molar-refractivity contribution < 1.29 is 26.7 Å². The maximum atomic E-state index is 12.5. The third kappa shape index (κ3) is 2.59. The second-order valence-corrected chi connectivity index (χ2v) is 6.17. The molecule has 0 radical (unpaired) electrons. The first-order valence-corrected chi connectivity index (χ1v) is 7.05. The number of rotatable bonds is 1.